The Labute approximate surface area is 146 Å². The average molecular weight is 385 g/mol. The molecule has 0 radical (unpaired) electrons. The molecule has 0 bridgehead atoms. The van der Waals surface area contributed by atoms with E-state index in [-0.39, 0.29) is 5.91 Å². The van der Waals surface area contributed by atoms with Gasteiger partial charge in [0, 0.05) is 26.1 Å². The summed E-state index contributed by atoms with van der Waals surface area (Å²) in [6.45, 7) is 5.41. The summed E-state index contributed by atoms with van der Waals surface area (Å²) in [6.07, 6.45) is 2.23. The topological polar surface area (TPSA) is 50.8 Å². The van der Waals surface area contributed by atoms with Crippen molar-refractivity contribution in [3.05, 3.63) is 28.2 Å². The molecule has 1 aromatic rings. The summed E-state index contributed by atoms with van der Waals surface area (Å²) in [5.74, 6) is 0.917. The van der Waals surface area contributed by atoms with Crippen LogP contribution < -0.4 is 10.1 Å². The lowest BCUT2D eigenvalue weighted by atomic mass is 10.1. The van der Waals surface area contributed by atoms with Crippen molar-refractivity contribution in [3.63, 3.8) is 0 Å². The quantitative estimate of drug-likeness (QED) is 0.698. The number of rotatable bonds is 8. The standard InChI is InChI=1S/C17H25BrN2O3/c1-22-16-5-3-14(13-15(16)18)4-6-17(21)19-7-2-8-20-9-11-23-12-10-20/h3,5,13H,2,4,6-12H2,1H3,(H,19,21). The summed E-state index contributed by atoms with van der Waals surface area (Å²) in [4.78, 5) is 14.3. The van der Waals surface area contributed by atoms with Crippen molar-refractivity contribution in [2.24, 2.45) is 0 Å². The normalized spacial score (nSPS) is 15.4. The van der Waals surface area contributed by atoms with Crippen LogP contribution in [0.2, 0.25) is 0 Å². The molecule has 5 nitrogen and oxygen atoms in total. The van der Waals surface area contributed by atoms with Crippen LogP contribution in [-0.4, -0.2) is 57.3 Å². The Morgan fingerprint density at radius 3 is 2.87 bits per heavy atom. The number of nitrogens with zero attached hydrogens (tertiary/aromatic N) is 1. The molecule has 23 heavy (non-hydrogen) atoms. The first-order chi connectivity index (χ1) is 11.2. The minimum Gasteiger partial charge on any atom is -0.496 e. The number of aryl methyl sites for hydroxylation is 1. The third-order valence-corrected chi connectivity index (χ3v) is 4.55. The van der Waals surface area contributed by atoms with Crippen LogP contribution in [0.5, 0.6) is 5.75 Å². The minimum absolute atomic E-state index is 0.110. The molecule has 1 heterocycles. The molecule has 0 unspecified atom stereocenters. The lowest BCUT2D eigenvalue weighted by Gasteiger charge is -2.26. The maximum absolute atomic E-state index is 11.9. The van der Waals surface area contributed by atoms with Crippen LogP contribution in [0.15, 0.2) is 22.7 Å². The van der Waals surface area contributed by atoms with Gasteiger partial charge in [-0.2, -0.15) is 0 Å². The van der Waals surface area contributed by atoms with Gasteiger partial charge in [-0.05, 0) is 53.0 Å². The van der Waals surface area contributed by atoms with Crippen LogP contribution in [0.4, 0.5) is 0 Å². The molecule has 1 N–H and O–H groups in total. The number of nitrogens with one attached hydrogen (secondary N) is 1. The highest BCUT2D eigenvalue weighted by molar-refractivity contribution is 9.10. The lowest BCUT2D eigenvalue weighted by Crippen LogP contribution is -2.38. The summed E-state index contributed by atoms with van der Waals surface area (Å²) in [7, 11) is 1.64. The molecule has 1 aliphatic heterocycles. The molecule has 2 rings (SSSR count). The van der Waals surface area contributed by atoms with Crippen molar-refractivity contribution in [1.29, 1.82) is 0 Å². The second kappa shape index (κ2) is 9.90. The number of carbonyl (C=O) groups excluding carboxylic acids is 1. The predicted octanol–water partition coefficient (Wildman–Crippen LogP) is 2.23. The molecule has 0 atom stereocenters. The van der Waals surface area contributed by atoms with Gasteiger partial charge in [0.05, 0.1) is 24.8 Å². The van der Waals surface area contributed by atoms with Gasteiger partial charge in [0.2, 0.25) is 5.91 Å². The Morgan fingerprint density at radius 2 is 2.17 bits per heavy atom. The fraction of sp³-hybridized carbons (Fsp3) is 0.588. The maximum Gasteiger partial charge on any atom is 0.220 e. The second-order valence-electron chi connectivity index (χ2n) is 5.63. The minimum atomic E-state index is 0.110. The molecule has 1 saturated heterocycles. The van der Waals surface area contributed by atoms with E-state index in [2.05, 4.69) is 26.1 Å². The highest BCUT2D eigenvalue weighted by atomic mass is 79.9. The van der Waals surface area contributed by atoms with Crippen LogP contribution in [0, 0.1) is 0 Å². The van der Waals surface area contributed by atoms with E-state index in [1.165, 1.54) is 0 Å². The monoisotopic (exact) mass is 384 g/mol. The summed E-state index contributed by atoms with van der Waals surface area (Å²) in [6, 6.07) is 5.92. The zero-order chi connectivity index (χ0) is 16.5. The lowest BCUT2D eigenvalue weighted by molar-refractivity contribution is -0.121. The van der Waals surface area contributed by atoms with E-state index in [0.29, 0.717) is 6.42 Å². The molecule has 0 aromatic heterocycles. The number of benzene rings is 1. The van der Waals surface area contributed by atoms with Gasteiger partial charge < -0.3 is 14.8 Å². The van der Waals surface area contributed by atoms with Crippen molar-refractivity contribution in [1.82, 2.24) is 10.2 Å². The molecule has 6 heteroatoms. The van der Waals surface area contributed by atoms with E-state index >= 15 is 0 Å². The van der Waals surface area contributed by atoms with Gasteiger partial charge in [0.1, 0.15) is 5.75 Å². The number of hydrogen-bond acceptors (Lipinski definition) is 4. The molecule has 1 fully saturated rings. The summed E-state index contributed by atoms with van der Waals surface area (Å²) in [5.41, 5.74) is 1.13. The number of hydrogen-bond donors (Lipinski definition) is 1. The number of amides is 1. The molecule has 1 aliphatic rings. The number of halogens is 1. The molecule has 0 spiro atoms. The maximum atomic E-state index is 11.9. The Morgan fingerprint density at radius 1 is 1.39 bits per heavy atom. The third kappa shape index (κ3) is 6.49. The van der Waals surface area contributed by atoms with Crippen molar-refractivity contribution < 1.29 is 14.3 Å². The number of carbonyl (C=O) groups is 1. The fourth-order valence-corrected chi connectivity index (χ4v) is 3.15. The van der Waals surface area contributed by atoms with Crippen LogP contribution in [0.3, 0.4) is 0 Å². The number of ether oxygens (including phenoxy) is 2. The van der Waals surface area contributed by atoms with Crippen molar-refractivity contribution in [3.8, 4) is 5.75 Å². The summed E-state index contributed by atoms with van der Waals surface area (Å²) < 4.78 is 11.4. The molecule has 1 amide bonds. The van der Waals surface area contributed by atoms with Gasteiger partial charge in [-0.15, -0.1) is 0 Å². The Hall–Kier alpha value is -1.11. The zero-order valence-corrected chi connectivity index (χ0v) is 15.2. The van der Waals surface area contributed by atoms with Crippen LogP contribution in [-0.2, 0) is 16.0 Å². The third-order valence-electron chi connectivity index (χ3n) is 3.93. The van der Waals surface area contributed by atoms with E-state index in [9.17, 15) is 4.79 Å². The highest BCUT2D eigenvalue weighted by Gasteiger charge is 2.09. The fourth-order valence-electron chi connectivity index (χ4n) is 2.57. The number of morpholine rings is 1. The van der Waals surface area contributed by atoms with Gasteiger partial charge in [0.25, 0.3) is 0 Å². The Kier molecular flexibility index (Phi) is 7.85. The van der Waals surface area contributed by atoms with E-state index in [4.69, 9.17) is 9.47 Å². The molecule has 1 aromatic carbocycles. The van der Waals surface area contributed by atoms with Gasteiger partial charge in [-0.25, -0.2) is 0 Å². The van der Waals surface area contributed by atoms with E-state index in [1.807, 2.05) is 18.2 Å². The average Bonchev–Trinajstić information content (AvgIpc) is 2.58. The second-order valence-corrected chi connectivity index (χ2v) is 6.48. The van der Waals surface area contributed by atoms with Crippen LogP contribution >= 0.6 is 15.9 Å². The Bertz CT molecular complexity index is 505. The van der Waals surface area contributed by atoms with Crippen molar-refractivity contribution in [2.75, 3.05) is 46.5 Å². The van der Waals surface area contributed by atoms with Gasteiger partial charge >= 0.3 is 0 Å². The summed E-state index contributed by atoms with van der Waals surface area (Å²) in [5, 5.41) is 3.00. The van der Waals surface area contributed by atoms with Crippen molar-refractivity contribution in [2.45, 2.75) is 19.3 Å². The van der Waals surface area contributed by atoms with E-state index in [0.717, 1.165) is 68.0 Å². The first-order valence-corrected chi connectivity index (χ1v) is 8.87. The van der Waals surface area contributed by atoms with Crippen LogP contribution in [0.25, 0.3) is 0 Å². The molecular weight excluding hydrogens is 360 g/mol. The van der Waals surface area contributed by atoms with E-state index < -0.39 is 0 Å². The van der Waals surface area contributed by atoms with Crippen LogP contribution in [0.1, 0.15) is 18.4 Å². The largest absolute Gasteiger partial charge is 0.496 e. The molecule has 128 valence electrons. The van der Waals surface area contributed by atoms with Gasteiger partial charge in [-0.1, -0.05) is 6.07 Å². The Balaban J connectivity index is 1.60. The molecule has 0 saturated carbocycles. The first-order valence-electron chi connectivity index (χ1n) is 8.08. The SMILES string of the molecule is COc1ccc(CCC(=O)NCCCN2CCOCC2)cc1Br. The van der Waals surface area contributed by atoms with Gasteiger partial charge in [-0.3, -0.25) is 9.69 Å². The summed E-state index contributed by atoms with van der Waals surface area (Å²) >= 11 is 3.46. The van der Waals surface area contributed by atoms with E-state index in [1.54, 1.807) is 7.11 Å². The highest BCUT2D eigenvalue weighted by Crippen LogP contribution is 2.25. The molecule has 0 aliphatic carbocycles. The first kappa shape index (κ1) is 18.2. The van der Waals surface area contributed by atoms with Crippen molar-refractivity contribution >= 4 is 21.8 Å². The van der Waals surface area contributed by atoms with Gasteiger partial charge in [0.15, 0.2) is 0 Å². The number of methoxy groups -OCH3 is 1. The smallest absolute Gasteiger partial charge is 0.220 e. The predicted molar refractivity (Wildman–Crippen MR) is 93.9 cm³/mol. The zero-order valence-electron chi connectivity index (χ0n) is 13.6. The molecular formula is C17H25BrN2O3.